The lowest BCUT2D eigenvalue weighted by atomic mass is 10.1. The van der Waals surface area contributed by atoms with Crippen molar-refractivity contribution in [3.05, 3.63) is 35.1 Å². The summed E-state index contributed by atoms with van der Waals surface area (Å²) in [5.74, 6) is 4.84. The summed E-state index contributed by atoms with van der Waals surface area (Å²) in [6, 6.07) is 8.53. The molecule has 0 fully saturated rings. The molecule has 0 aliphatic rings. The van der Waals surface area contributed by atoms with Crippen LogP contribution in [0.2, 0.25) is 0 Å². The number of hydrogen-bond acceptors (Lipinski definition) is 4. The largest absolute Gasteiger partial charge is 0.320 e. The molecular weight excluding hydrogens is 243 g/mol. The summed E-state index contributed by atoms with van der Waals surface area (Å²) < 4.78 is 13.5. The average Bonchev–Trinajstić information content (AvgIpc) is 2.40. The van der Waals surface area contributed by atoms with Crippen molar-refractivity contribution in [1.29, 1.82) is 10.5 Å². The van der Waals surface area contributed by atoms with E-state index >= 15 is 0 Å². The quantitative estimate of drug-likeness (QED) is 0.643. The molecule has 96 valence electrons. The van der Waals surface area contributed by atoms with Crippen molar-refractivity contribution in [2.24, 2.45) is 5.73 Å². The zero-order chi connectivity index (χ0) is 14.1. The van der Waals surface area contributed by atoms with Crippen LogP contribution in [0, 0.1) is 40.3 Å². The lowest BCUT2D eigenvalue weighted by molar-refractivity contribution is 0.334. The molecule has 0 amide bonds. The van der Waals surface area contributed by atoms with Crippen LogP contribution in [-0.2, 0) is 6.54 Å². The summed E-state index contributed by atoms with van der Waals surface area (Å²) in [6.07, 6.45) is 0. The third kappa shape index (κ3) is 4.77. The Morgan fingerprint density at radius 1 is 1.21 bits per heavy atom. The predicted molar refractivity (Wildman–Crippen MR) is 68.8 cm³/mol. The second-order valence-electron chi connectivity index (χ2n) is 3.78. The van der Waals surface area contributed by atoms with E-state index in [-0.39, 0.29) is 25.2 Å². The van der Waals surface area contributed by atoms with Gasteiger partial charge in [-0.05, 0) is 17.7 Å². The smallest absolute Gasteiger partial charge is 0.138 e. The molecule has 0 heterocycles. The summed E-state index contributed by atoms with van der Waals surface area (Å²) >= 11 is 0. The summed E-state index contributed by atoms with van der Waals surface area (Å²) in [4.78, 5) is 1.66. The SMILES string of the molecule is N#CCN(CC#N)Cc1ccc(F)c(C#CCN)c1. The van der Waals surface area contributed by atoms with Crippen molar-refractivity contribution in [3.63, 3.8) is 0 Å². The van der Waals surface area contributed by atoms with Gasteiger partial charge in [0, 0.05) is 6.54 Å². The standard InChI is InChI=1S/C14H13FN4/c15-14-4-3-12(10-13(14)2-1-5-16)11-19(8-6-17)9-7-18/h3-4,10H,5,8-9,11,16H2. The van der Waals surface area contributed by atoms with Crippen molar-refractivity contribution >= 4 is 0 Å². The summed E-state index contributed by atoms with van der Waals surface area (Å²) in [5, 5.41) is 17.3. The van der Waals surface area contributed by atoms with Crippen LogP contribution in [0.1, 0.15) is 11.1 Å². The fourth-order valence-electron chi connectivity index (χ4n) is 1.54. The van der Waals surface area contributed by atoms with Gasteiger partial charge in [0.2, 0.25) is 0 Å². The van der Waals surface area contributed by atoms with Crippen LogP contribution in [0.4, 0.5) is 4.39 Å². The number of halogens is 1. The summed E-state index contributed by atoms with van der Waals surface area (Å²) in [5.41, 5.74) is 6.32. The van der Waals surface area contributed by atoms with Crippen LogP contribution in [0.15, 0.2) is 18.2 Å². The van der Waals surface area contributed by atoms with E-state index in [0.29, 0.717) is 6.54 Å². The van der Waals surface area contributed by atoms with Gasteiger partial charge in [0.1, 0.15) is 5.82 Å². The monoisotopic (exact) mass is 256 g/mol. The molecule has 1 rings (SSSR count). The normalized spacial score (nSPS) is 9.32. The molecule has 0 aliphatic heterocycles. The van der Waals surface area contributed by atoms with E-state index < -0.39 is 5.82 Å². The molecule has 0 spiro atoms. The molecule has 0 aromatic heterocycles. The van der Waals surface area contributed by atoms with E-state index in [4.69, 9.17) is 16.3 Å². The molecule has 0 bridgehead atoms. The minimum atomic E-state index is -0.406. The van der Waals surface area contributed by atoms with Gasteiger partial charge in [0.15, 0.2) is 0 Å². The molecule has 0 radical (unpaired) electrons. The fourth-order valence-corrected chi connectivity index (χ4v) is 1.54. The highest BCUT2D eigenvalue weighted by Crippen LogP contribution is 2.11. The Labute approximate surface area is 111 Å². The van der Waals surface area contributed by atoms with Gasteiger partial charge < -0.3 is 5.73 Å². The van der Waals surface area contributed by atoms with Gasteiger partial charge in [0.25, 0.3) is 0 Å². The molecule has 0 atom stereocenters. The van der Waals surface area contributed by atoms with E-state index in [1.54, 1.807) is 17.0 Å². The Morgan fingerprint density at radius 3 is 2.47 bits per heavy atom. The minimum absolute atomic E-state index is 0.148. The van der Waals surface area contributed by atoms with Gasteiger partial charge in [-0.25, -0.2) is 4.39 Å². The van der Waals surface area contributed by atoms with Crippen molar-refractivity contribution in [2.75, 3.05) is 19.6 Å². The van der Waals surface area contributed by atoms with Crippen LogP contribution in [-0.4, -0.2) is 24.5 Å². The third-order valence-electron chi connectivity index (χ3n) is 2.35. The molecule has 0 saturated carbocycles. The van der Waals surface area contributed by atoms with Crippen molar-refractivity contribution in [1.82, 2.24) is 4.90 Å². The van der Waals surface area contributed by atoms with E-state index in [9.17, 15) is 4.39 Å². The summed E-state index contributed by atoms with van der Waals surface area (Å²) in [6.45, 7) is 0.862. The molecule has 5 heteroatoms. The van der Waals surface area contributed by atoms with Crippen LogP contribution in [0.3, 0.4) is 0 Å². The predicted octanol–water partition coefficient (Wildman–Crippen LogP) is 0.985. The van der Waals surface area contributed by atoms with Crippen LogP contribution >= 0.6 is 0 Å². The number of nitrogens with zero attached hydrogens (tertiary/aromatic N) is 3. The minimum Gasteiger partial charge on any atom is -0.320 e. The first-order valence-electron chi connectivity index (χ1n) is 5.65. The Morgan fingerprint density at radius 2 is 1.89 bits per heavy atom. The van der Waals surface area contributed by atoms with Crippen LogP contribution in [0.25, 0.3) is 0 Å². The Kier molecular flexibility index (Phi) is 6.06. The first-order chi connectivity index (χ1) is 9.21. The zero-order valence-electron chi connectivity index (χ0n) is 10.4. The average molecular weight is 256 g/mol. The Balaban J connectivity index is 2.90. The number of hydrogen-bond donors (Lipinski definition) is 1. The number of nitrogens with two attached hydrogens (primary N) is 1. The van der Waals surface area contributed by atoms with Crippen molar-refractivity contribution in [3.8, 4) is 24.0 Å². The van der Waals surface area contributed by atoms with Gasteiger partial charge in [-0.2, -0.15) is 10.5 Å². The lowest BCUT2D eigenvalue weighted by Gasteiger charge is -2.15. The van der Waals surface area contributed by atoms with Crippen molar-refractivity contribution < 1.29 is 4.39 Å². The van der Waals surface area contributed by atoms with E-state index in [1.807, 2.05) is 12.1 Å². The molecule has 1 aromatic carbocycles. The zero-order valence-corrected chi connectivity index (χ0v) is 10.4. The molecular formula is C14H13FN4. The van der Waals surface area contributed by atoms with Gasteiger partial charge >= 0.3 is 0 Å². The van der Waals surface area contributed by atoms with Crippen LogP contribution < -0.4 is 5.73 Å². The second-order valence-corrected chi connectivity index (χ2v) is 3.78. The number of benzene rings is 1. The maximum atomic E-state index is 13.5. The topological polar surface area (TPSA) is 76.8 Å². The summed E-state index contributed by atoms with van der Waals surface area (Å²) in [7, 11) is 0. The Bertz CT molecular complexity index is 556. The highest BCUT2D eigenvalue weighted by Gasteiger charge is 2.07. The third-order valence-corrected chi connectivity index (χ3v) is 2.35. The molecule has 1 aromatic rings. The van der Waals surface area contributed by atoms with Gasteiger partial charge in [-0.1, -0.05) is 17.9 Å². The molecule has 0 saturated heterocycles. The fraction of sp³-hybridized carbons (Fsp3) is 0.286. The highest BCUT2D eigenvalue weighted by atomic mass is 19.1. The molecule has 4 nitrogen and oxygen atoms in total. The molecule has 2 N–H and O–H groups in total. The van der Waals surface area contributed by atoms with Gasteiger partial charge in [0.05, 0.1) is 37.3 Å². The molecule has 0 unspecified atom stereocenters. The lowest BCUT2D eigenvalue weighted by Crippen LogP contribution is -2.23. The van der Waals surface area contributed by atoms with Crippen molar-refractivity contribution in [2.45, 2.75) is 6.54 Å². The van der Waals surface area contributed by atoms with E-state index in [0.717, 1.165) is 5.56 Å². The Hall–Kier alpha value is -2.39. The molecule has 0 aliphatic carbocycles. The van der Waals surface area contributed by atoms with E-state index in [1.165, 1.54) is 6.07 Å². The number of rotatable bonds is 4. The maximum Gasteiger partial charge on any atom is 0.138 e. The maximum absolute atomic E-state index is 13.5. The first-order valence-corrected chi connectivity index (χ1v) is 5.65. The second kappa shape index (κ2) is 7.84. The van der Waals surface area contributed by atoms with E-state index in [2.05, 4.69) is 11.8 Å². The highest BCUT2D eigenvalue weighted by molar-refractivity contribution is 5.38. The number of nitriles is 2. The molecule has 19 heavy (non-hydrogen) atoms. The first kappa shape index (κ1) is 14.7. The van der Waals surface area contributed by atoms with Gasteiger partial charge in [-0.3, -0.25) is 4.90 Å². The van der Waals surface area contributed by atoms with Crippen LogP contribution in [0.5, 0.6) is 0 Å². The van der Waals surface area contributed by atoms with Gasteiger partial charge in [-0.15, -0.1) is 0 Å².